The summed E-state index contributed by atoms with van der Waals surface area (Å²) in [5.74, 6) is 0. The lowest BCUT2D eigenvalue weighted by molar-refractivity contribution is 0.201. The number of halogens is 1. The quantitative estimate of drug-likeness (QED) is 0.744. The van der Waals surface area contributed by atoms with E-state index in [1.165, 1.54) is 5.56 Å². The van der Waals surface area contributed by atoms with Crippen molar-refractivity contribution in [2.45, 2.75) is 20.0 Å². The monoisotopic (exact) mass is 209 g/mol. The van der Waals surface area contributed by atoms with Crippen molar-refractivity contribution in [3.63, 3.8) is 0 Å². The van der Waals surface area contributed by atoms with Crippen LogP contribution in [0.2, 0.25) is 5.15 Å². The molecule has 2 aromatic rings. The summed E-state index contributed by atoms with van der Waals surface area (Å²) in [5.41, 5.74) is 2.93. The SMILES string of the molecule is Cc1ccc2c(C(C)O)c(Cl)[nH]c2c1. The van der Waals surface area contributed by atoms with Gasteiger partial charge in [0.15, 0.2) is 0 Å². The Morgan fingerprint density at radius 2 is 2.14 bits per heavy atom. The summed E-state index contributed by atoms with van der Waals surface area (Å²) in [5, 5.41) is 11.1. The minimum Gasteiger partial charge on any atom is -0.389 e. The second kappa shape index (κ2) is 3.30. The number of nitrogens with one attached hydrogen (secondary N) is 1. The molecule has 2 N–H and O–H groups in total. The Bertz CT molecular complexity index is 473. The molecule has 2 rings (SSSR count). The first-order valence-electron chi connectivity index (χ1n) is 4.55. The average molecular weight is 210 g/mol. The fourth-order valence-electron chi connectivity index (χ4n) is 1.71. The minimum absolute atomic E-state index is 0.528. The van der Waals surface area contributed by atoms with Crippen molar-refractivity contribution in [2.75, 3.05) is 0 Å². The van der Waals surface area contributed by atoms with Crippen molar-refractivity contribution >= 4 is 22.5 Å². The number of rotatable bonds is 1. The van der Waals surface area contributed by atoms with Crippen LogP contribution in [-0.2, 0) is 0 Å². The summed E-state index contributed by atoms with van der Waals surface area (Å²) in [6.07, 6.45) is -0.543. The third-order valence-electron chi connectivity index (χ3n) is 2.36. The molecule has 0 fully saturated rings. The van der Waals surface area contributed by atoms with Crippen molar-refractivity contribution in [1.29, 1.82) is 0 Å². The summed E-state index contributed by atoms with van der Waals surface area (Å²) in [6.45, 7) is 3.74. The minimum atomic E-state index is -0.543. The number of benzene rings is 1. The molecule has 1 aromatic carbocycles. The lowest BCUT2D eigenvalue weighted by Crippen LogP contribution is -1.89. The Hall–Kier alpha value is -0.990. The average Bonchev–Trinajstić information content (AvgIpc) is 2.39. The number of aliphatic hydroxyl groups excluding tert-OH is 1. The number of aliphatic hydroxyl groups is 1. The predicted molar refractivity (Wildman–Crippen MR) is 58.7 cm³/mol. The summed E-state index contributed by atoms with van der Waals surface area (Å²) in [7, 11) is 0. The molecule has 14 heavy (non-hydrogen) atoms. The van der Waals surface area contributed by atoms with E-state index in [2.05, 4.69) is 4.98 Å². The van der Waals surface area contributed by atoms with Gasteiger partial charge in [0.2, 0.25) is 0 Å². The first-order valence-corrected chi connectivity index (χ1v) is 4.93. The highest BCUT2D eigenvalue weighted by Gasteiger charge is 2.13. The van der Waals surface area contributed by atoms with Gasteiger partial charge in [-0.25, -0.2) is 0 Å². The number of hydrogen-bond donors (Lipinski definition) is 2. The van der Waals surface area contributed by atoms with E-state index in [4.69, 9.17) is 11.6 Å². The molecule has 0 amide bonds. The summed E-state index contributed by atoms with van der Waals surface area (Å²) in [6, 6.07) is 6.01. The lowest BCUT2D eigenvalue weighted by atomic mass is 10.1. The molecule has 0 radical (unpaired) electrons. The number of fused-ring (bicyclic) bond motifs is 1. The van der Waals surface area contributed by atoms with Crippen molar-refractivity contribution in [3.8, 4) is 0 Å². The zero-order valence-corrected chi connectivity index (χ0v) is 8.89. The van der Waals surface area contributed by atoms with Gasteiger partial charge in [0.05, 0.1) is 6.10 Å². The van der Waals surface area contributed by atoms with Crippen LogP contribution in [0.3, 0.4) is 0 Å². The van der Waals surface area contributed by atoms with Crippen molar-refractivity contribution in [3.05, 3.63) is 34.5 Å². The maximum absolute atomic E-state index is 9.56. The molecule has 3 heteroatoms. The number of aromatic amines is 1. The van der Waals surface area contributed by atoms with Crippen molar-refractivity contribution < 1.29 is 5.11 Å². The molecule has 0 aliphatic carbocycles. The standard InChI is InChI=1S/C11H12ClNO/c1-6-3-4-8-9(5-6)13-11(12)10(8)7(2)14/h3-5,7,13-14H,1-2H3. The number of hydrogen-bond acceptors (Lipinski definition) is 1. The molecule has 0 aliphatic rings. The van der Waals surface area contributed by atoms with Crippen LogP contribution in [-0.4, -0.2) is 10.1 Å². The molecule has 1 unspecified atom stereocenters. The smallest absolute Gasteiger partial charge is 0.113 e. The molecule has 0 bridgehead atoms. The molecule has 74 valence electrons. The second-order valence-corrected chi connectivity index (χ2v) is 3.96. The fraction of sp³-hybridized carbons (Fsp3) is 0.273. The number of H-pyrrole nitrogens is 1. The van der Waals surface area contributed by atoms with Gasteiger partial charge >= 0.3 is 0 Å². The highest BCUT2D eigenvalue weighted by atomic mass is 35.5. The van der Waals surface area contributed by atoms with Gasteiger partial charge in [-0.2, -0.15) is 0 Å². The van der Waals surface area contributed by atoms with Gasteiger partial charge in [0.25, 0.3) is 0 Å². The van der Waals surface area contributed by atoms with Crippen LogP contribution in [0.1, 0.15) is 24.2 Å². The predicted octanol–water partition coefficient (Wildman–Crippen LogP) is 3.18. The molecular formula is C11H12ClNO. The van der Waals surface area contributed by atoms with Gasteiger partial charge in [-0.1, -0.05) is 23.7 Å². The largest absolute Gasteiger partial charge is 0.389 e. The highest BCUT2D eigenvalue weighted by molar-refractivity contribution is 6.31. The van der Waals surface area contributed by atoms with E-state index in [9.17, 15) is 5.11 Å². The third-order valence-corrected chi connectivity index (χ3v) is 2.66. The Morgan fingerprint density at radius 3 is 2.79 bits per heavy atom. The molecule has 0 saturated carbocycles. The molecule has 0 aliphatic heterocycles. The molecule has 0 saturated heterocycles. The van der Waals surface area contributed by atoms with Gasteiger partial charge in [-0.15, -0.1) is 0 Å². The van der Waals surface area contributed by atoms with E-state index in [1.54, 1.807) is 6.92 Å². The maximum atomic E-state index is 9.56. The molecular weight excluding hydrogens is 198 g/mol. The van der Waals surface area contributed by atoms with E-state index in [0.717, 1.165) is 16.5 Å². The topological polar surface area (TPSA) is 36.0 Å². The van der Waals surface area contributed by atoms with Crippen LogP contribution in [0.4, 0.5) is 0 Å². The maximum Gasteiger partial charge on any atom is 0.113 e. The molecule has 1 heterocycles. The number of aryl methyl sites for hydroxylation is 1. The van der Waals surface area contributed by atoms with E-state index in [1.807, 2.05) is 25.1 Å². The van der Waals surface area contributed by atoms with E-state index in [-0.39, 0.29) is 0 Å². The zero-order chi connectivity index (χ0) is 10.3. The summed E-state index contributed by atoms with van der Waals surface area (Å²) >= 11 is 6.00. The van der Waals surface area contributed by atoms with Gasteiger partial charge < -0.3 is 10.1 Å². The molecule has 1 aromatic heterocycles. The Kier molecular flexibility index (Phi) is 2.25. The summed E-state index contributed by atoms with van der Waals surface area (Å²) in [4.78, 5) is 3.05. The van der Waals surface area contributed by atoms with Gasteiger partial charge in [0, 0.05) is 16.5 Å². The van der Waals surface area contributed by atoms with Gasteiger partial charge in [-0.05, 0) is 25.5 Å². The van der Waals surface area contributed by atoms with Crippen molar-refractivity contribution in [1.82, 2.24) is 4.98 Å². The molecule has 0 spiro atoms. The molecule has 2 nitrogen and oxygen atoms in total. The van der Waals surface area contributed by atoms with Gasteiger partial charge in [-0.3, -0.25) is 0 Å². The van der Waals surface area contributed by atoms with Crippen LogP contribution in [0.15, 0.2) is 18.2 Å². The van der Waals surface area contributed by atoms with Crippen LogP contribution in [0.25, 0.3) is 10.9 Å². The van der Waals surface area contributed by atoms with Crippen LogP contribution in [0.5, 0.6) is 0 Å². The summed E-state index contributed by atoms with van der Waals surface area (Å²) < 4.78 is 0. The first kappa shape index (κ1) is 9.56. The zero-order valence-electron chi connectivity index (χ0n) is 8.13. The second-order valence-electron chi connectivity index (χ2n) is 3.58. The van der Waals surface area contributed by atoms with E-state index >= 15 is 0 Å². The first-order chi connectivity index (χ1) is 6.59. The van der Waals surface area contributed by atoms with Crippen molar-refractivity contribution in [2.24, 2.45) is 0 Å². The lowest BCUT2D eigenvalue weighted by Gasteiger charge is -2.02. The number of aromatic nitrogens is 1. The normalized spacial score (nSPS) is 13.4. The fourth-order valence-corrected chi connectivity index (χ4v) is 2.07. The van der Waals surface area contributed by atoms with Gasteiger partial charge in [0.1, 0.15) is 5.15 Å². The van der Waals surface area contributed by atoms with Crippen LogP contribution < -0.4 is 0 Å². The van der Waals surface area contributed by atoms with Crippen LogP contribution >= 0.6 is 11.6 Å². The Morgan fingerprint density at radius 1 is 1.43 bits per heavy atom. The molecule has 1 atom stereocenters. The Labute approximate surface area is 87.5 Å². The Balaban J connectivity index is 2.77. The third kappa shape index (κ3) is 1.41. The highest BCUT2D eigenvalue weighted by Crippen LogP contribution is 2.31. The van der Waals surface area contributed by atoms with E-state index < -0.39 is 6.10 Å². The van der Waals surface area contributed by atoms with E-state index in [0.29, 0.717) is 5.15 Å². The van der Waals surface area contributed by atoms with Crippen LogP contribution in [0, 0.1) is 6.92 Å².